The molecule has 0 aliphatic carbocycles. The Labute approximate surface area is 194 Å². The second kappa shape index (κ2) is 9.13. The number of rotatable bonds is 7. The molecule has 4 aromatic rings. The van der Waals surface area contributed by atoms with Crippen LogP contribution in [-0.4, -0.2) is 32.3 Å². The maximum Gasteiger partial charge on any atom is 0.256 e. The number of carbonyl (C=O) groups excluding carboxylic acids is 2. The number of pyridine rings is 1. The Kier molecular flexibility index (Phi) is 6.29. The molecule has 0 atom stereocenters. The number of nitrogens with one attached hydrogen (secondary N) is 1. The minimum absolute atomic E-state index is 0.0992. The Morgan fingerprint density at radius 1 is 1.22 bits per heavy atom. The first-order valence-corrected chi connectivity index (χ1v) is 11.9. The Morgan fingerprint density at radius 3 is 2.69 bits per heavy atom. The van der Waals surface area contributed by atoms with E-state index < -0.39 is 5.91 Å². The van der Waals surface area contributed by atoms with Crippen LogP contribution < -0.4 is 11.1 Å². The summed E-state index contributed by atoms with van der Waals surface area (Å²) in [6.45, 7) is 6.10. The Morgan fingerprint density at radius 2 is 2.00 bits per heavy atom. The van der Waals surface area contributed by atoms with Crippen molar-refractivity contribution in [3.63, 3.8) is 0 Å². The number of primary amides is 1. The highest BCUT2D eigenvalue weighted by Gasteiger charge is 2.20. The van der Waals surface area contributed by atoms with E-state index in [4.69, 9.17) is 10.7 Å². The molecule has 0 aliphatic heterocycles. The summed E-state index contributed by atoms with van der Waals surface area (Å²) in [6, 6.07) is 13.3. The monoisotopic (exact) mass is 465 g/mol. The molecule has 0 saturated heterocycles. The van der Waals surface area contributed by atoms with Gasteiger partial charge in [-0.05, 0) is 51.1 Å². The van der Waals surface area contributed by atoms with Gasteiger partial charge in [-0.15, -0.1) is 23.1 Å². The Hall–Kier alpha value is -3.17. The van der Waals surface area contributed by atoms with Crippen LogP contribution in [0, 0.1) is 6.92 Å². The summed E-state index contributed by atoms with van der Waals surface area (Å²) in [7, 11) is 0. The normalized spacial score (nSPS) is 11.2. The molecule has 0 aliphatic rings. The number of benzene rings is 1. The van der Waals surface area contributed by atoms with E-state index in [1.165, 1.54) is 16.6 Å². The Bertz CT molecular complexity index is 1310. The van der Waals surface area contributed by atoms with Gasteiger partial charge >= 0.3 is 0 Å². The van der Waals surface area contributed by atoms with Crippen LogP contribution in [-0.2, 0) is 4.79 Å². The third-order valence-corrected chi connectivity index (χ3v) is 6.92. The fourth-order valence-corrected chi connectivity index (χ4v) is 4.89. The van der Waals surface area contributed by atoms with Crippen LogP contribution in [0.2, 0.25) is 0 Å². The minimum atomic E-state index is -0.413. The molecule has 0 bridgehead atoms. The van der Waals surface area contributed by atoms with Crippen molar-refractivity contribution in [2.45, 2.75) is 31.7 Å². The molecule has 0 spiro atoms. The quantitative estimate of drug-likeness (QED) is 0.379. The van der Waals surface area contributed by atoms with E-state index in [2.05, 4.69) is 10.4 Å². The van der Waals surface area contributed by atoms with Gasteiger partial charge in [-0.1, -0.05) is 12.1 Å². The standard InChI is InChI=1S/C23H23N5O2S2/c1-13(2)28-22-16(11-25-28)15(10-18(26-22)20-9-8-14(3)32-20)23(30)27-17-6-4-5-7-19(17)31-12-21(24)29/h4-11,13H,12H2,1-3H3,(H2,24,29)(H,27,30). The molecule has 0 saturated carbocycles. The number of carbonyl (C=O) groups is 2. The van der Waals surface area contributed by atoms with Gasteiger partial charge in [-0.25, -0.2) is 9.67 Å². The van der Waals surface area contributed by atoms with Gasteiger partial charge in [0.05, 0.1) is 39.2 Å². The number of nitrogens with zero attached hydrogens (tertiary/aromatic N) is 3. The van der Waals surface area contributed by atoms with E-state index in [1.807, 2.05) is 61.9 Å². The lowest BCUT2D eigenvalue weighted by Crippen LogP contribution is -2.15. The number of nitrogens with two attached hydrogens (primary N) is 1. The number of fused-ring (bicyclic) bond motifs is 1. The highest BCUT2D eigenvalue weighted by molar-refractivity contribution is 8.00. The van der Waals surface area contributed by atoms with Crippen molar-refractivity contribution in [3.8, 4) is 10.6 Å². The average Bonchev–Trinajstić information content (AvgIpc) is 3.38. The highest BCUT2D eigenvalue weighted by Crippen LogP contribution is 2.32. The highest BCUT2D eigenvalue weighted by atomic mass is 32.2. The molecule has 3 aromatic heterocycles. The molecule has 1 aromatic carbocycles. The first-order valence-electron chi connectivity index (χ1n) is 10.1. The van der Waals surface area contributed by atoms with Crippen molar-refractivity contribution in [1.82, 2.24) is 14.8 Å². The summed E-state index contributed by atoms with van der Waals surface area (Å²) in [5.74, 6) is -0.540. The fraction of sp³-hybridized carbons (Fsp3) is 0.217. The number of thiophene rings is 1. The lowest BCUT2D eigenvalue weighted by molar-refractivity contribution is -0.115. The molecule has 4 rings (SSSR count). The summed E-state index contributed by atoms with van der Waals surface area (Å²) in [4.78, 5) is 32.4. The second-order valence-corrected chi connectivity index (χ2v) is 9.90. The van der Waals surface area contributed by atoms with Crippen LogP contribution in [0.5, 0.6) is 0 Å². The smallest absolute Gasteiger partial charge is 0.256 e. The van der Waals surface area contributed by atoms with Crippen molar-refractivity contribution in [2.24, 2.45) is 5.73 Å². The molecule has 3 heterocycles. The predicted octanol–water partition coefficient (Wildman–Crippen LogP) is 4.88. The van der Waals surface area contributed by atoms with Crippen LogP contribution >= 0.6 is 23.1 Å². The van der Waals surface area contributed by atoms with Crippen LogP contribution in [0.4, 0.5) is 5.69 Å². The molecule has 0 radical (unpaired) electrons. The maximum absolute atomic E-state index is 13.4. The second-order valence-electron chi connectivity index (χ2n) is 7.59. The van der Waals surface area contributed by atoms with Crippen molar-refractivity contribution < 1.29 is 9.59 Å². The van der Waals surface area contributed by atoms with Gasteiger partial charge < -0.3 is 11.1 Å². The van der Waals surface area contributed by atoms with Gasteiger partial charge in [0, 0.05) is 15.8 Å². The fourth-order valence-electron chi connectivity index (χ4n) is 3.32. The van der Waals surface area contributed by atoms with Crippen molar-refractivity contribution in [1.29, 1.82) is 0 Å². The summed E-state index contributed by atoms with van der Waals surface area (Å²) in [5.41, 5.74) is 7.81. The summed E-state index contributed by atoms with van der Waals surface area (Å²) >= 11 is 2.92. The first-order chi connectivity index (χ1) is 15.3. The summed E-state index contributed by atoms with van der Waals surface area (Å²) in [5, 5.41) is 8.16. The number of aryl methyl sites for hydroxylation is 1. The zero-order valence-corrected chi connectivity index (χ0v) is 19.6. The molecule has 7 nitrogen and oxygen atoms in total. The van der Waals surface area contributed by atoms with E-state index in [9.17, 15) is 9.59 Å². The van der Waals surface area contributed by atoms with E-state index in [0.29, 0.717) is 22.3 Å². The molecular formula is C23H23N5O2S2. The van der Waals surface area contributed by atoms with E-state index in [0.717, 1.165) is 15.5 Å². The maximum atomic E-state index is 13.4. The van der Waals surface area contributed by atoms with Crippen molar-refractivity contribution in [3.05, 3.63) is 59.1 Å². The molecule has 0 unspecified atom stereocenters. The number of thioether (sulfide) groups is 1. The molecular weight excluding hydrogens is 442 g/mol. The number of hydrogen-bond acceptors (Lipinski definition) is 6. The SMILES string of the molecule is Cc1ccc(-c2cc(C(=O)Nc3ccccc3SCC(N)=O)c3cnn(C(C)C)c3n2)s1. The lowest BCUT2D eigenvalue weighted by Gasteiger charge is -2.12. The van der Waals surface area contributed by atoms with Gasteiger partial charge in [0.15, 0.2) is 5.65 Å². The predicted molar refractivity (Wildman–Crippen MR) is 130 cm³/mol. The first kappa shape index (κ1) is 22.0. The molecule has 0 fully saturated rings. The number of amides is 2. The third-order valence-electron chi connectivity index (χ3n) is 4.80. The number of hydrogen-bond donors (Lipinski definition) is 2. The molecule has 3 N–H and O–H groups in total. The lowest BCUT2D eigenvalue weighted by atomic mass is 10.1. The summed E-state index contributed by atoms with van der Waals surface area (Å²) in [6.07, 6.45) is 1.69. The molecule has 164 valence electrons. The minimum Gasteiger partial charge on any atom is -0.369 e. The topological polar surface area (TPSA) is 103 Å². The largest absolute Gasteiger partial charge is 0.369 e. The van der Waals surface area contributed by atoms with E-state index in [-0.39, 0.29) is 17.7 Å². The molecule has 2 amide bonds. The van der Waals surface area contributed by atoms with Crippen LogP contribution in [0.15, 0.2) is 53.6 Å². The van der Waals surface area contributed by atoms with Crippen LogP contribution in [0.3, 0.4) is 0 Å². The van der Waals surface area contributed by atoms with E-state index >= 15 is 0 Å². The number of para-hydroxylation sites is 1. The summed E-state index contributed by atoms with van der Waals surface area (Å²) < 4.78 is 1.83. The average molecular weight is 466 g/mol. The van der Waals surface area contributed by atoms with Gasteiger partial charge in [-0.2, -0.15) is 5.10 Å². The van der Waals surface area contributed by atoms with Gasteiger partial charge in [0.25, 0.3) is 5.91 Å². The number of aromatic nitrogens is 3. The third kappa shape index (κ3) is 4.53. The van der Waals surface area contributed by atoms with Crippen molar-refractivity contribution in [2.75, 3.05) is 11.1 Å². The Balaban J connectivity index is 1.77. The molecule has 9 heteroatoms. The zero-order valence-electron chi connectivity index (χ0n) is 18.0. The van der Waals surface area contributed by atoms with Gasteiger partial charge in [0.2, 0.25) is 5.91 Å². The van der Waals surface area contributed by atoms with Crippen LogP contribution in [0.25, 0.3) is 21.6 Å². The van der Waals surface area contributed by atoms with Crippen molar-refractivity contribution >= 4 is 51.6 Å². The zero-order chi connectivity index (χ0) is 22.8. The van der Waals surface area contributed by atoms with Gasteiger partial charge in [-0.3, -0.25) is 9.59 Å². The van der Waals surface area contributed by atoms with Crippen LogP contribution in [0.1, 0.15) is 35.1 Å². The van der Waals surface area contributed by atoms with E-state index in [1.54, 1.807) is 23.6 Å². The molecule has 32 heavy (non-hydrogen) atoms. The number of anilines is 1. The van der Waals surface area contributed by atoms with Gasteiger partial charge in [0.1, 0.15) is 0 Å².